The predicted molar refractivity (Wildman–Crippen MR) is 250 cm³/mol. The smallest absolute Gasteiger partial charge is 0.343 e. The molecule has 2 unspecified atom stereocenters. The number of rotatable bonds is 21. The fraction of sp³-hybridized carbons (Fsp3) is 0.231. The topological polar surface area (TPSA) is 166 Å². The second kappa shape index (κ2) is 23.3. The summed E-state index contributed by atoms with van der Waals surface area (Å²) in [6.07, 6.45) is 1.55. The summed E-state index contributed by atoms with van der Waals surface area (Å²) in [7, 11) is 6.26. The molecule has 0 heterocycles. The number of anilines is 2. The maximum absolute atomic E-state index is 13.1. The van der Waals surface area contributed by atoms with Crippen LogP contribution in [0.25, 0.3) is 11.1 Å². The molecule has 2 atom stereocenters. The van der Waals surface area contributed by atoms with Gasteiger partial charge in [-0.25, -0.2) is 9.59 Å². The molecule has 6 aromatic rings. The van der Waals surface area contributed by atoms with Gasteiger partial charge in [0.25, 0.3) is 11.8 Å². The minimum Gasteiger partial charge on any atom is -0.496 e. The van der Waals surface area contributed by atoms with Crippen LogP contribution < -0.4 is 39.1 Å². The molecule has 0 aliphatic carbocycles. The van der Waals surface area contributed by atoms with Gasteiger partial charge in [0.15, 0.2) is 0 Å². The summed E-state index contributed by atoms with van der Waals surface area (Å²) in [5, 5.41) is 5.65. The molecule has 14 heteroatoms. The van der Waals surface area contributed by atoms with Crippen LogP contribution in [0, 0.1) is 0 Å². The van der Waals surface area contributed by atoms with Gasteiger partial charge in [0.05, 0.1) is 61.9 Å². The van der Waals surface area contributed by atoms with Crippen molar-refractivity contribution in [3.8, 4) is 45.6 Å². The molecule has 6 aromatic carbocycles. The van der Waals surface area contributed by atoms with E-state index >= 15 is 0 Å². The molecule has 0 radical (unpaired) electrons. The second-order valence-electron chi connectivity index (χ2n) is 15.0. The summed E-state index contributed by atoms with van der Waals surface area (Å²) >= 11 is 0. The van der Waals surface area contributed by atoms with E-state index in [1.807, 2.05) is 38.1 Å². The first-order chi connectivity index (χ1) is 32.0. The first-order valence-electron chi connectivity index (χ1n) is 21.1. The van der Waals surface area contributed by atoms with Crippen molar-refractivity contribution in [3.63, 3.8) is 0 Å². The van der Waals surface area contributed by atoms with E-state index in [9.17, 15) is 19.2 Å². The van der Waals surface area contributed by atoms with Gasteiger partial charge in [-0.05, 0) is 122 Å². The van der Waals surface area contributed by atoms with E-state index < -0.39 is 11.9 Å². The largest absolute Gasteiger partial charge is 0.496 e. The van der Waals surface area contributed by atoms with E-state index in [0.29, 0.717) is 94.2 Å². The molecule has 66 heavy (non-hydrogen) atoms. The highest BCUT2D eigenvalue weighted by atomic mass is 16.5. The highest BCUT2D eigenvalue weighted by molar-refractivity contribution is 6.07. The SMILES string of the molecule is COc1cc(OCCC(C)OC)ccc1C(=O)Nc1ccc(C(=O)Oc2ccc(-c3ccc(OC(=O)c4ccc(NC(=O)c5ccc(OCCC(C)OC)cc5OC)cc4)cc3)cc2)cc1. The Kier molecular flexibility index (Phi) is 16.9. The highest BCUT2D eigenvalue weighted by Gasteiger charge is 2.18. The first-order valence-corrected chi connectivity index (χ1v) is 21.1. The lowest BCUT2D eigenvalue weighted by molar-refractivity contribution is 0.0725. The van der Waals surface area contributed by atoms with Crippen LogP contribution in [0.15, 0.2) is 133 Å². The molecule has 0 aliphatic rings. The van der Waals surface area contributed by atoms with Gasteiger partial charge in [0, 0.05) is 50.6 Å². The predicted octanol–water partition coefficient (Wildman–Crippen LogP) is 9.92. The van der Waals surface area contributed by atoms with Crippen LogP contribution in [-0.4, -0.2) is 77.6 Å². The number of hydrogen-bond acceptors (Lipinski definition) is 12. The number of esters is 2. The summed E-state index contributed by atoms with van der Waals surface area (Å²) in [5.74, 6) is 0.626. The van der Waals surface area contributed by atoms with Crippen LogP contribution in [0.4, 0.5) is 11.4 Å². The van der Waals surface area contributed by atoms with Crippen molar-refractivity contribution in [3.05, 3.63) is 156 Å². The molecule has 14 nitrogen and oxygen atoms in total. The summed E-state index contributed by atoms with van der Waals surface area (Å²) in [6, 6.07) is 36.6. The van der Waals surface area contributed by atoms with E-state index in [-0.39, 0.29) is 24.0 Å². The summed E-state index contributed by atoms with van der Waals surface area (Å²) in [4.78, 5) is 52.1. The lowest BCUT2D eigenvalue weighted by Gasteiger charge is -2.13. The quantitative estimate of drug-likeness (QED) is 0.0520. The van der Waals surface area contributed by atoms with E-state index in [0.717, 1.165) is 11.1 Å². The van der Waals surface area contributed by atoms with Crippen LogP contribution in [-0.2, 0) is 9.47 Å². The average molecular weight is 897 g/mol. The van der Waals surface area contributed by atoms with E-state index in [1.165, 1.54) is 14.2 Å². The Labute approximate surface area is 383 Å². The standard InChI is InChI=1S/C52H52N2O12/c1-33(59-3)27-29-63-43-23-25-45(47(31-43)61-5)49(55)53-39-15-7-37(8-16-39)51(57)65-41-19-11-35(12-20-41)36-13-21-42(22-14-36)66-52(58)38-9-17-40(18-10-38)54-50(56)46-26-24-44(32-48(46)62-6)64-30-28-34(2)60-4/h7-26,31-34H,27-30H2,1-6H3,(H,53,55)(H,54,56). The number of benzene rings is 6. The molecule has 0 saturated heterocycles. The van der Waals surface area contributed by atoms with Gasteiger partial charge in [-0.15, -0.1) is 0 Å². The maximum atomic E-state index is 13.1. The minimum atomic E-state index is -0.569. The molecule has 0 fully saturated rings. The number of carbonyl (C=O) groups is 4. The van der Waals surface area contributed by atoms with Crippen molar-refractivity contribution in [1.29, 1.82) is 0 Å². The molecule has 0 aliphatic heterocycles. The Morgan fingerprint density at radius 3 is 1.14 bits per heavy atom. The second-order valence-corrected chi connectivity index (χ2v) is 15.0. The van der Waals surface area contributed by atoms with Gasteiger partial charge in [0.2, 0.25) is 0 Å². The van der Waals surface area contributed by atoms with E-state index in [1.54, 1.807) is 123 Å². The normalized spacial score (nSPS) is 11.7. The summed E-state index contributed by atoms with van der Waals surface area (Å²) in [5.41, 5.74) is 3.87. The molecule has 2 amide bonds. The monoisotopic (exact) mass is 896 g/mol. The van der Waals surface area contributed by atoms with Gasteiger partial charge in [-0.2, -0.15) is 0 Å². The van der Waals surface area contributed by atoms with Crippen LogP contribution in [0.1, 0.15) is 68.1 Å². The maximum Gasteiger partial charge on any atom is 0.343 e. The van der Waals surface area contributed by atoms with Gasteiger partial charge in [0.1, 0.15) is 34.5 Å². The molecular formula is C52H52N2O12. The van der Waals surface area contributed by atoms with Crippen LogP contribution >= 0.6 is 0 Å². The van der Waals surface area contributed by atoms with Crippen LogP contribution in [0.3, 0.4) is 0 Å². The minimum absolute atomic E-state index is 0.0635. The van der Waals surface area contributed by atoms with Crippen molar-refractivity contribution >= 4 is 35.1 Å². The lowest BCUT2D eigenvalue weighted by atomic mass is 10.1. The van der Waals surface area contributed by atoms with E-state index in [2.05, 4.69) is 10.6 Å². The average Bonchev–Trinajstić information content (AvgIpc) is 3.34. The number of hydrogen-bond donors (Lipinski definition) is 2. The highest BCUT2D eigenvalue weighted by Crippen LogP contribution is 2.29. The molecule has 0 aromatic heterocycles. The first kappa shape index (κ1) is 47.8. The molecule has 0 spiro atoms. The molecule has 6 rings (SSSR count). The number of methoxy groups -OCH3 is 4. The zero-order valence-corrected chi connectivity index (χ0v) is 37.6. The summed E-state index contributed by atoms with van der Waals surface area (Å²) in [6.45, 7) is 4.82. The van der Waals surface area contributed by atoms with Gasteiger partial charge in [-0.3, -0.25) is 9.59 Å². The zero-order valence-electron chi connectivity index (χ0n) is 37.6. The van der Waals surface area contributed by atoms with Gasteiger partial charge < -0.3 is 48.5 Å². The van der Waals surface area contributed by atoms with Crippen molar-refractivity contribution in [2.45, 2.75) is 38.9 Å². The van der Waals surface area contributed by atoms with Crippen molar-refractivity contribution in [2.75, 3.05) is 52.3 Å². The Morgan fingerprint density at radius 1 is 0.455 bits per heavy atom. The van der Waals surface area contributed by atoms with Crippen LogP contribution in [0.2, 0.25) is 0 Å². The van der Waals surface area contributed by atoms with Crippen LogP contribution in [0.5, 0.6) is 34.5 Å². The number of carbonyl (C=O) groups excluding carboxylic acids is 4. The molecule has 0 bridgehead atoms. The van der Waals surface area contributed by atoms with Crippen molar-refractivity contribution in [1.82, 2.24) is 0 Å². The Bertz CT molecular complexity index is 2400. The number of nitrogens with one attached hydrogen (secondary N) is 2. The third-order valence-corrected chi connectivity index (χ3v) is 10.4. The fourth-order valence-electron chi connectivity index (χ4n) is 6.36. The summed E-state index contributed by atoms with van der Waals surface area (Å²) < 4.78 is 44.1. The molecular weight excluding hydrogens is 845 g/mol. The lowest BCUT2D eigenvalue weighted by Crippen LogP contribution is -2.14. The Morgan fingerprint density at radius 2 is 0.803 bits per heavy atom. The van der Waals surface area contributed by atoms with E-state index in [4.69, 9.17) is 37.9 Å². The Balaban J connectivity index is 0.963. The molecule has 0 saturated carbocycles. The van der Waals surface area contributed by atoms with Crippen molar-refractivity contribution in [2.24, 2.45) is 0 Å². The third-order valence-electron chi connectivity index (χ3n) is 10.4. The van der Waals surface area contributed by atoms with Crippen molar-refractivity contribution < 1.29 is 57.1 Å². The van der Waals surface area contributed by atoms with Gasteiger partial charge >= 0.3 is 11.9 Å². The molecule has 342 valence electrons. The number of ether oxygens (including phenoxy) is 8. The molecule has 2 N–H and O–H groups in total. The zero-order chi connectivity index (χ0) is 47.0. The fourth-order valence-corrected chi connectivity index (χ4v) is 6.36. The Hall–Kier alpha value is -7.68. The van der Waals surface area contributed by atoms with Gasteiger partial charge in [-0.1, -0.05) is 24.3 Å². The number of amides is 2. The third kappa shape index (κ3) is 13.2.